The number of nitrogens with two attached hydrogens (primary N) is 1. The third-order valence-corrected chi connectivity index (χ3v) is 1.15. The summed E-state index contributed by atoms with van der Waals surface area (Å²) in [4.78, 5) is 0. The Labute approximate surface area is 74.1 Å². The molecule has 0 fully saturated rings. The fourth-order valence-corrected chi connectivity index (χ4v) is 0.658. The topological polar surface area (TPSA) is 61.5 Å². The van der Waals surface area contributed by atoms with Crippen LogP contribution in [0, 0.1) is 0 Å². The summed E-state index contributed by atoms with van der Waals surface area (Å²) in [5.74, 6) is 4.52. The molecule has 0 bridgehead atoms. The molecule has 0 radical (unpaired) electrons. The Balaban J connectivity index is 0. The molecule has 0 aliphatic carbocycles. The molecule has 0 heterocycles. The van der Waals surface area contributed by atoms with Gasteiger partial charge in [-0.15, -0.1) is 0 Å². The Hall–Kier alpha value is 0.993. The zero-order chi connectivity index (χ0) is 6.41. The maximum atomic E-state index is 10.2. The first-order chi connectivity index (χ1) is 3.81. The molecule has 2 N–H and O–H groups in total. The predicted molar refractivity (Wildman–Crippen MR) is 30.5 cm³/mol. The largest absolute Gasteiger partial charge is 0.335 e. The fraction of sp³-hybridized carbons (Fsp3) is 1.00. The van der Waals surface area contributed by atoms with Gasteiger partial charge >= 0.3 is 8.25 Å². The van der Waals surface area contributed by atoms with Crippen LogP contribution in [-0.2, 0) is 39.9 Å². The minimum atomic E-state index is -2.36. The van der Waals surface area contributed by atoms with Crippen molar-refractivity contribution in [2.24, 2.45) is 5.90 Å². The second-order valence-corrected chi connectivity index (χ2v) is 2.24. The van der Waals surface area contributed by atoms with Gasteiger partial charge in [0.2, 0.25) is 0 Å². The van der Waals surface area contributed by atoms with Crippen molar-refractivity contribution in [3.8, 4) is 0 Å². The van der Waals surface area contributed by atoms with Gasteiger partial charge in [0.05, 0.1) is 6.61 Å². The molecule has 0 aromatic heterocycles. The van der Waals surface area contributed by atoms with Crippen molar-refractivity contribution in [3.63, 3.8) is 0 Å². The van der Waals surface area contributed by atoms with E-state index in [4.69, 9.17) is 0 Å². The van der Waals surface area contributed by atoms with E-state index in [1.54, 1.807) is 0 Å². The van der Waals surface area contributed by atoms with Gasteiger partial charge in [-0.1, -0.05) is 6.92 Å². The number of rotatable bonds is 4. The Bertz CT molecular complexity index is 81.5. The van der Waals surface area contributed by atoms with Crippen LogP contribution in [0.5, 0.6) is 0 Å². The number of hydrogen-bond acceptors (Lipinski definition) is 4. The second kappa shape index (κ2) is 8.99. The van der Waals surface area contributed by atoms with Crippen molar-refractivity contribution < 1.29 is 39.9 Å². The molecule has 9 heavy (non-hydrogen) atoms. The van der Waals surface area contributed by atoms with Crippen LogP contribution in [0.4, 0.5) is 0 Å². The third kappa shape index (κ3) is 8.99. The van der Waals surface area contributed by atoms with E-state index >= 15 is 0 Å². The SMILES string of the molecule is CCCO[PH](=O)ON.[Zr]. The normalized spacial score (nSPS) is 12.2. The molecule has 0 saturated heterocycles. The van der Waals surface area contributed by atoms with E-state index < -0.39 is 8.25 Å². The van der Waals surface area contributed by atoms with Crippen molar-refractivity contribution in [2.75, 3.05) is 6.61 Å². The zero-order valence-corrected chi connectivity index (χ0v) is 8.67. The summed E-state index contributed by atoms with van der Waals surface area (Å²) in [6.45, 7) is 2.35. The fourth-order valence-electron chi connectivity index (χ4n) is 0.219. The van der Waals surface area contributed by atoms with Crippen molar-refractivity contribution >= 4 is 8.25 Å². The smallest absolute Gasteiger partial charge is 0.310 e. The molecular weight excluding hydrogens is 220 g/mol. The van der Waals surface area contributed by atoms with Crippen LogP contribution >= 0.6 is 8.25 Å². The molecule has 0 saturated carbocycles. The first-order valence-corrected chi connectivity index (χ1v) is 3.57. The van der Waals surface area contributed by atoms with E-state index in [0.717, 1.165) is 6.42 Å². The molecule has 0 aromatic rings. The molecule has 0 rings (SSSR count). The maximum absolute atomic E-state index is 10.2. The van der Waals surface area contributed by atoms with Crippen LogP contribution in [0.3, 0.4) is 0 Å². The molecular formula is C3H10NO3PZr. The van der Waals surface area contributed by atoms with E-state index in [2.05, 4.69) is 15.0 Å². The van der Waals surface area contributed by atoms with E-state index in [1.807, 2.05) is 6.92 Å². The molecule has 0 spiro atoms. The predicted octanol–water partition coefficient (Wildman–Crippen LogP) is 0.691. The van der Waals surface area contributed by atoms with Crippen LogP contribution in [0.1, 0.15) is 13.3 Å². The van der Waals surface area contributed by atoms with Gasteiger partial charge in [0, 0.05) is 26.2 Å². The molecule has 0 aromatic carbocycles. The van der Waals surface area contributed by atoms with Crippen LogP contribution in [0.15, 0.2) is 0 Å². The average molecular weight is 230 g/mol. The van der Waals surface area contributed by atoms with E-state index in [-0.39, 0.29) is 26.2 Å². The summed E-state index contributed by atoms with van der Waals surface area (Å²) in [6.07, 6.45) is 0.819. The minimum absolute atomic E-state index is 0. The minimum Gasteiger partial charge on any atom is -0.310 e. The first kappa shape index (κ1) is 12.6. The summed E-state index contributed by atoms with van der Waals surface area (Å²) in [5.41, 5.74) is 0. The molecule has 1 unspecified atom stereocenters. The van der Waals surface area contributed by atoms with Crippen molar-refractivity contribution in [3.05, 3.63) is 0 Å². The van der Waals surface area contributed by atoms with Gasteiger partial charge in [-0.2, -0.15) is 0 Å². The van der Waals surface area contributed by atoms with E-state index in [1.165, 1.54) is 0 Å². The summed E-state index contributed by atoms with van der Waals surface area (Å²) in [5, 5.41) is 0. The Kier molecular flexibility index (Phi) is 12.6. The quantitative estimate of drug-likeness (QED) is 0.570. The van der Waals surface area contributed by atoms with Gasteiger partial charge in [-0.25, -0.2) is 10.5 Å². The molecule has 0 amide bonds. The summed E-state index contributed by atoms with van der Waals surface area (Å²) < 4.78 is 18.6. The summed E-state index contributed by atoms with van der Waals surface area (Å²) >= 11 is 0. The van der Waals surface area contributed by atoms with Crippen LogP contribution in [-0.4, -0.2) is 6.61 Å². The van der Waals surface area contributed by atoms with Crippen LogP contribution in [0.25, 0.3) is 0 Å². The Morgan fingerprint density at radius 2 is 2.22 bits per heavy atom. The molecule has 0 aliphatic heterocycles. The van der Waals surface area contributed by atoms with E-state index in [0.29, 0.717) is 6.61 Å². The monoisotopic (exact) mass is 229 g/mol. The zero-order valence-electron chi connectivity index (χ0n) is 5.22. The van der Waals surface area contributed by atoms with Gasteiger partial charge in [0.1, 0.15) is 0 Å². The molecule has 4 nitrogen and oxygen atoms in total. The maximum Gasteiger partial charge on any atom is 0.335 e. The molecule has 54 valence electrons. The molecule has 6 heteroatoms. The first-order valence-electron chi connectivity index (χ1n) is 2.34. The van der Waals surface area contributed by atoms with Crippen LogP contribution < -0.4 is 5.90 Å². The van der Waals surface area contributed by atoms with E-state index in [9.17, 15) is 4.57 Å². The van der Waals surface area contributed by atoms with Crippen LogP contribution in [0.2, 0.25) is 0 Å². The van der Waals surface area contributed by atoms with Gasteiger partial charge in [-0.3, -0.25) is 4.57 Å². The summed E-state index contributed by atoms with van der Waals surface area (Å²) in [7, 11) is -2.36. The van der Waals surface area contributed by atoms with Crippen molar-refractivity contribution in [1.82, 2.24) is 0 Å². The average Bonchev–Trinajstić information content (AvgIpc) is 1.83. The summed E-state index contributed by atoms with van der Waals surface area (Å²) in [6, 6.07) is 0. The Morgan fingerprint density at radius 1 is 1.67 bits per heavy atom. The second-order valence-electron chi connectivity index (χ2n) is 1.22. The van der Waals surface area contributed by atoms with Gasteiger partial charge in [-0.05, 0) is 6.42 Å². The third-order valence-electron chi connectivity index (χ3n) is 0.520. The molecule has 1 atom stereocenters. The van der Waals surface area contributed by atoms with Gasteiger partial charge in [0.25, 0.3) is 0 Å². The van der Waals surface area contributed by atoms with Crippen molar-refractivity contribution in [2.45, 2.75) is 13.3 Å². The van der Waals surface area contributed by atoms with Gasteiger partial charge < -0.3 is 4.52 Å². The molecule has 0 aliphatic rings. The van der Waals surface area contributed by atoms with Gasteiger partial charge in [0.15, 0.2) is 0 Å². The Morgan fingerprint density at radius 3 is 2.56 bits per heavy atom. The van der Waals surface area contributed by atoms with Crippen molar-refractivity contribution in [1.29, 1.82) is 0 Å². The number of hydrogen-bond donors (Lipinski definition) is 1. The standard InChI is InChI=1S/C3H10NO3P.Zr/c1-2-3-6-8(5)7-4;/h8H,2-4H2,1H3;.